The summed E-state index contributed by atoms with van der Waals surface area (Å²) in [6.45, 7) is 5.30. The molecule has 1 unspecified atom stereocenters. The maximum absolute atomic E-state index is 13.8. The van der Waals surface area contributed by atoms with Gasteiger partial charge >= 0.3 is 6.03 Å². The molecule has 0 fully saturated rings. The first-order chi connectivity index (χ1) is 12.1. The van der Waals surface area contributed by atoms with Gasteiger partial charge in [0.25, 0.3) is 5.91 Å². The van der Waals surface area contributed by atoms with Gasteiger partial charge in [0.15, 0.2) is 10.5 Å². The molecule has 1 atom stereocenters. The second-order valence-electron chi connectivity index (χ2n) is 6.99. The second kappa shape index (κ2) is 6.35. The van der Waals surface area contributed by atoms with Gasteiger partial charge < -0.3 is 9.73 Å². The third kappa shape index (κ3) is 3.29. The zero-order valence-electron chi connectivity index (χ0n) is 14.3. The van der Waals surface area contributed by atoms with Gasteiger partial charge in [0.2, 0.25) is 0 Å². The van der Waals surface area contributed by atoms with Crippen LogP contribution in [0.3, 0.4) is 0 Å². The molecular formula is C18H16BrFN2O4. The molecule has 26 heavy (non-hydrogen) atoms. The average molecular weight is 423 g/mol. The number of fused-ring (bicyclic) bond motifs is 1. The van der Waals surface area contributed by atoms with E-state index in [1.165, 1.54) is 18.4 Å². The fourth-order valence-electron chi connectivity index (χ4n) is 2.79. The molecule has 1 aromatic carbocycles. The Balaban J connectivity index is 2.05. The normalized spacial score (nSPS) is 16.6. The van der Waals surface area contributed by atoms with Gasteiger partial charge in [-0.05, 0) is 60.5 Å². The van der Waals surface area contributed by atoms with Gasteiger partial charge in [-0.2, -0.15) is 0 Å². The molecule has 0 saturated carbocycles. The molecule has 3 amide bonds. The van der Waals surface area contributed by atoms with Gasteiger partial charge in [-0.3, -0.25) is 9.59 Å². The standard InChI is InChI=1S/C18H16BrFN2O4/c1-18(2,3)21-17(25)22-12-5-4-10(20)7-11(12)14(16(22)24)15(23)9-6-13(19)26-8-9/h4-8,14H,1-3H3,(H,21,25). The van der Waals surface area contributed by atoms with E-state index in [0.29, 0.717) is 4.67 Å². The highest BCUT2D eigenvalue weighted by atomic mass is 79.9. The van der Waals surface area contributed by atoms with Crippen LogP contribution in [0.2, 0.25) is 0 Å². The second-order valence-corrected chi connectivity index (χ2v) is 7.78. The smallest absolute Gasteiger partial charge is 0.329 e. The number of carbonyl (C=O) groups excluding carboxylic acids is 3. The first-order valence-electron chi connectivity index (χ1n) is 7.82. The zero-order valence-corrected chi connectivity index (χ0v) is 15.9. The van der Waals surface area contributed by atoms with Crippen molar-refractivity contribution in [3.05, 3.63) is 52.1 Å². The lowest BCUT2D eigenvalue weighted by atomic mass is 9.93. The van der Waals surface area contributed by atoms with Crippen molar-refractivity contribution in [1.82, 2.24) is 5.32 Å². The molecule has 136 valence electrons. The van der Waals surface area contributed by atoms with Crippen molar-refractivity contribution in [1.29, 1.82) is 0 Å². The fraction of sp³-hybridized carbons (Fsp3) is 0.278. The minimum atomic E-state index is -1.31. The summed E-state index contributed by atoms with van der Waals surface area (Å²) >= 11 is 3.10. The number of ketones is 1. The van der Waals surface area contributed by atoms with E-state index in [1.807, 2.05) is 0 Å². The van der Waals surface area contributed by atoms with Gasteiger partial charge in [-0.15, -0.1) is 0 Å². The Morgan fingerprint density at radius 3 is 2.54 bits per heavy atom. The number of imide groups is 1. The van der Waals surface area contributed by atoms with Crippen molar-refractivity contribution >= 4 is 39.3 Å². The maximum atomic E-state index is 13.8. The number of amides is 3. The highest BCUT2D eigenvalue weighted by Gasteiger charge is 2.46. The van der Waals surface area contributed by atoms with E-state index in [0.717, 1.165) is 17.0 Å². The van der Waals surface area contributed by atoms with Crippen LogP contribution in [0.1, 0.15) is 42.6 Å². The van der Waals surface area contributed by atoms with E-state index >= 15 is 0 Å². The molecule has 3 rings (SSSR count). The fourth-order valence-corrected chi connectivity index (χ4v) is 3.13. The Hall–Kier alpha value is -2.48. The number of hydrogen-bond acceptors (Lipinski definition) is 4. The largest absolute Gasteiger partial charge is 0.457 e. The van der Waals surface area contributed by atoms with Gasteiger partial charge in [-0.1, -0.05) is 0 Å². The van der Waals surface area contributed by atoms with Crippen molar-refractivity contribution in [3.8, 4) is 0 Å². The van der Waals surface area contributed by atoms with E-state index in [4.69, 9.17) is 4.42 Å². The lowest BCUT2D eigenvalue weighted by molar-refractivity contribution is -0.117. The van der Waals surface area contributed by atoms with Gasteiger partial charge in [0, 0.05) is 11.6 Å². The Kier molecular flexibility index (Phi) is 4.47. The highest BCUT2D eigenvalue weighted by molar-refractivity contribution is 9.10. The van der Waals surface area contributed by atoms with Gasteiger partial charge in [-0.25, -0.2) is 14.1 Å². The predicted molar refractivity (Wildman–Crippen MR) is 95.7 cm³/mol. The monoisotopic (exact) mass is 422 g/mol. The first kappa shape index (κ1) is 18.3. The van der Waals surface area contributed by atoms with E-state index in [9.17, 15) is 18.8 Å². The lowest BCUT2D eigenvalue weighted by Gasteiger charge is -2.25. The van der Waals surface area contributed by atoms with Crippen molar-refractivity contribution < 1.29 is 23.2 Å². The maximum Gasteiger partial charge on any atom is 0.329 e. The molecule has 0 saturated heterocycles. The number of Topliss-reactive ketones (excluding diaryl/α,β-unsaturated/α-hetero) is 1. The molecule has 8 heteroatoms. The molecular weight excluding hydrogens is 407 g/mol. The molecule has 0 radical (unpaired) electrons. The van der Waals surface area contributed by atoms with E-state index in [1.54, 1.807) is 20.8 Å². The molecule has 0 aliphatic carbocycles. The minimum Gasteiger partial charge on any atom is -0.457 e. The molecule has 6 nitrogen and oxygen atoms in total. The third-order valence-electron chi connectivity index (χ3n) is 3.81. The molecule has 1 aliphatic rings. The first-order valence-corrected chi connectivity index (χ1v) is 8.61. The van der Waals surface area contributed by atoms with Crippen molar-refractivity contribution in [2.45, 2.75) is 32.2 Å². The Bertz CT molecular complexity index is 916. The van der Waals surface area contributed by atoms with Crippen LogP contribution in [-0.4, -0.2) is 23.3 Å². The number of furan rings is 1. The minimum absolute atomic E-state index is 0.154. The summed E-state index contributed by atoms with van der Waals surface area (Å²) in [6, 6.07) is 4.33. The molecule has 2 heterocycles. The summed E-state index contributed by atoms with van der Waals surface area (Å²) in [5.74, 6) is -3.20. The number of nitrogens with zero attached hydrogens (tertiary/aromatic N) is 1. The number of halogens is 2. The summed E-state index contributed by atoms with van der Waals surface area (Å²) in [4.78, 5) is 39.2. The summed E-state index contributed by atoms with van der Waals surface area (Å²) in [7, 11) is 0. The molecule has 1 aliphatic heterocycles. The lowest BCUT2D eigenvalue weighted by Crippen LogP contribution is -2.50. The van der Waals surface area contributed by atoms with Crippen LogP contribution >= 0.6 is 15.9 Å². The van der Waals surface area contributed by atoms with Crippen LogP contribution < -0.4 is 10.2 Å². The van der Waals surface area contributed by atoms with E-state index in [2.05, 4.69) is 21.2 Å². The zero-order chi connectivity index (χ0) is 19.2. The SMILES string of the molecule is CC(C)(C)NC(=O)N1C(=O)C(C(=O)c2coc(Br)c2)c2cc(F)ccc21. The van der Waals surface area contributed by atoms with Crippen LogP contribution in [0.4, 0.5) is 14.9 Å². The Morgan fingerprint density at radius 1 is 1.27 bits per heavy atom. The molecule has 0 spiro atoms. The number of urea groups is 1. The Morgan fingerprint density at radius 2 is 1.96 bits per heavy atom. The molecule has 0 bridgehead atoms. The topological polar surface area (TPSA) is 79.6 Å². The summed E-state index contributed by atoms with van der Waals surface area (Å²) < 4.78 is 19.1. The summed E-state index contributed by atoms with van der Waals surface area (Å²) in [6.07, 6.45) is 1.20. The average Bonchev–Trinajstić information content (AvgIpc) is 3.05. The van der Waals surface area contributed by atoms with Crippen LogP contribution in [-0.2, 0) is 4.79 Å². The van der Waals surface area contributed by atoms with Gasteiger partial charge in [0.05, 0.1) is 11.3 Å². The predicted octanol–water partition coefficient (Wildman–Crippen LogP) is 4.00. The van der Waals surface area contributed by atoms with Crippen LogP contribution in [0.5, 0.6) is 0 Å². The van der Waals surface area contributed by atoms with E-state index in [-0.39, 0.29) is 16.8 Å². The summed E-state index contributed by atoms with van der Waals surface area (Å²) in [5, 5.41) is 2.69. The van der Waals surface area contributed by atoms with Crippen molar-refractivity contribution in [3.63, 3.8) is 0 Å². The molecule has 1 N–H and O–H groups in total. The highest BCUT2D eigenvalue weighted by Crippen LogP contribution is 2.40. The van der Waals surface area contributed by atoms with Crippen LogP contribution in [0.15, 0.2) is 39.6 Å². The third-order valence-corrected chi connectivity index (χ3v) is 4.22. The number of carbonyl (C=O) groups is 3. The molecule has 2 aromatic rings. The molecule has 1 aromatic heterocycles. The summed E-state index contributed by atoms with van der Waals surface area (Å²) in [5.41, 5.74) is -0.0846. The number of hydrogen-bond donors (Lipinski definition) is 1. The van der Waals surface area contributed by atoms with Crippen LogP contribution in [0, 0.1) is 5.82 Å². The van der Waals surface area contributed by atoms with Crippen molar-refractivity contribution in [2.24, 2.45) is 0 Å². The number of rotatable bonds is 2. The van der Waals surface area contributed by atoms with Crippen molar-refractivity contribution in [2.75, 3.05) is 4.90 Å². The van der Waals surface area contributed by atoms with E-state index < -0.39 is 35.0 Å². The Labute approximate surface area is 157 Å². The van der Waals surface area contributed by atoms with Gasteiger partial charge in [0.1, 0.15) is 18.0 Å². The quantitative estimate of drug-likeness (QED) is 0.585. The number of anilines is 1. The number of benzene rings is 1. The van der Waals surface area contributed by atoms with Crippen LogP contribution in [0.25, 0.3) is 0 Å². The number of nitrogens with one attached hydrogen (secondary N) is 1.